The molecule has 11 nitrogen and oxygen atoms in total. The van der Waals surface area contributed by atoms with Gasteiger partial charge in [0.05, 0.1) is 29.1 Å². The Labute approximate surface area is 137 Å². The summed E-state index contributed by atoms with van der Waals surface area (Å²) in [7, 11) is -4.06. The van der Waals surface area contributed by atoms with Crippen LogP contribution in [-0.4, -0.2) is 61.8 Å². The first-order valence-electron chi connectivity index (χ1n) is 6.83. The summed E-state index contributed by atoms with van der Waals surface area (Å²) in [4.78, 5) is 22.1. The number of hydrogen-bond acceptors (Lipinski definition) is 7. The number of carbonyl (C=O) groups is 1. The predicted molar refractivity (Wildman–Crippen MR) is 82.3 cm³/mol. The van der Waals surface area contributed by atoms with Crippen LogP contribution in [-0.2, 0) is 14.8 Å². The SMILES string of the molecule is NS(=O)(=O)c1ccc(NCC2CN(C(=O)O)CCO2)c([N+](=O)[O-])c1. The molecule has 0 radical (unpaired) electrons. The molecule has 24 heavy (non-hydrogen) atoms. The molecule has 0 spiro atoms. The van der Waals surface area contributed by atoms with E-state index >= 15 is 0 Å². The summed E-state index contributed by atoms with van der Waals surface area (Å²) in [6, 6.07) is 3.24. The number of nitrogens with two attached hydrogens (primary N) is 1. The van der Waals surface area contributed by atoms with Crippen molar-refractivity contribution in [2.75, 3.05) is 31.6 Å². The number of morpholine rings is 1. The van der Waals surface area contributed by atoms with Crippen molar-refractivity contribution < 1.29 is 28.0 Å². The van der Waals surface area contributed by atoms with Gasteiger partial charge < -0.3 is 20.1 Å². The smallest absolute Gasteiger partial charge is 0.407 e. The quantitative estimate of drug-likeness (QED) is 0.488. The van der Waals surface area contributed by atoms with E-state index in [1.54, 1.807) is 0 Å². The normalized spacial score (nSPS) is 18.2. The van der Waals surface area contributed by atoms with Crippen LogP contribution in [0, 0.1) is 10.1 Å². The largest absolute Gasteiger partial charge is 0.465 e. The maximum Gasteiger partial charge on any atom is 0.407 e. The number of amides is 1. The van der Waals surface area contributed by atoms with Crippen LogP contribution in [0.2, 0.25) is 0 Å². The Morgan fingerprint density at radius 1 is 1.54 bits per heavy atom. The van der Waals surface area contributed by atoms with Crippen molar-refractivity contribution in [1.29, 1.82) is 0 Å². The molecular weight excluding hydrogens is 344 g/mol. The van der Waals surface area contributed by atoms with Gasteiger partial charge in [0.1, 0.15) is 5.69 Å². The third-order valence-corrected chi connectivity index (χ3v) is 4.33. The molecule has 1 atom stereocenters. The van der Waals surface area contributed by atoms with Crippen molar-refractivity contribution in [2.24, 2.45) is 5.14 Å². The van der Waals surface area contributed by atoms with E-state index in [1.165, 1.54) is 11.0 Å². The molecule has 1 aliphatic rings. The van der Waals surface area contributed by atoms with Crippen LogP contribution in [0.1, 0.15) is 0 Å². The maximum absolute atomic E-state index is 11.3. The lowest BCUT2D eigenvalue weighted by atomic mass is 10.2. The lowest BCUT2D eigenvalue weighted by molar-refractivity contribution is -0.384. The average Bonchev–Trinajstić information content (AvgIpc) is 2.52. The lowest BCUT2D eigenvalue weighted by Gasteiger charge is -2.31. The Kier molecular flexibility index (Phi) is 5.21. The summed E-state index contributed by atoms with van der Waals surface area (Å²) in [5.41, 5.74) is -0.365. The molecule has 1 aliphatic heterocycles. The maximum atomic E-state index is 11.3. The second-order valence-electron chi connectivity index (χ2n) is 5.08. The number of nitrogens with zero attached hydrogens (tertiary/aromatic N) is 2. The Morgan fingerprint density at radius 2 is 2.25 bits per heavy atom. The average molecular weight is 360 g/mol. The second kappa shape index (κ2) is 6.98. The molecule has 0 aromatic heterocycles. The molecule has 12 heteroatoms. The summed E-state index contributed by atoms with van der Waals surface area (Å²) in [5.74, 6) is 0. The number of nitrogens with one attached hydrogen (secondary N) is 1. The summed E-state index contributed by atoms with van der Waals surface area (Å²) in [6.07, 6.45) is -1.54. The Hall–Kier alpha value is -2.44. The van der Waals surface area contributed by atoms with E-state index < -0.39 is 32.8 Å². The first-order chi connectivity index (χ1) is 11.2. The van der Waals surface area contributed by atoms with Gasteiger partial charge in [0.2, 0.25) is 10.0 Å². The van der Waals surface area contributed by atoms with E-state index in [1.807, 2.05) is 0 Å². The first kappa shape index (κ1) is 17.9. The van der Waals surface area contributed by atoms with E-state index in [2.05, 4.69) is 5.32 Å². The monoisotopic (exact) mass is 360 g/mol. The van der Waals surface area contributed by atoms with Crippen LogP contribution in [0.5, 0.6) is 0 Å². The van der Waals surface area contributed by atoms with Crippen LogP contribution in [0.25, 0.3) is 0 Å². The lowest BCUT2D eigenvalue weighted by Crippen LogP contribution is -2.47. The number of hydrogen-bond donors (Lipinski definition) is 3. The first-order valence-corrected chi connectivity index (χ1v) is 8.37. The third-order valence-electron chi connectivity index (χ3n) is 3.42. The van der Waals surface area contributed by atoms with Crippen molar-refractivity contribution in [2.45, 2.75) is 11.0 Å². The molecule has 0 saturated carbocycles. The van der Waals surface area contributed by atoms with Gasteiger partial charge in [-0.2, -0.15) is 0 Å². The number of primary sulfonamides is 1. The molecule has 1 fully saturated rings. The van der Waals surface area contributed by atoms with Gasteiger partial charge in [-0.25, -0.2) is 18.4 Å². The minimum atomic E-state index is -4.06. The number of nitro benzene ring substituents is 1. The number of carboxylic acid groups (broad SMARTS) is 1. The highest BCUT2D eigenvalue weighted by Crippen LogP contribution is 2.27. The van der Waals surface area contributed by atoms with Crippen LogP contribution in [0.15, 0.2) is 23.1 Å². The van der Waals surface area contributed by atoms with Crippen molar-refractivity contribution in [3.63, 3.8) is 0 Å². The van der Waals surface area contributed by atoms with E-state index in [-0.39, 0.29) is 36.8 Å². The summed E-state index contributed by atoms with van der Waals surface area (Å²) in [5, 5.41) is 27.8. The Balaban J connectivity index is 2.12. The zero-order valence-electron chi connectivity index (χ0n) is 12.4. The number of sulfonamides is 1. The molecule has 4 N–H and O–H groups in total. The number of benzene rings is 1. The number of nitro groups is 1. The summed E-state index contributed by atoms with van der Waals surface area (Å²) >= 11 is 0. The molecule has 1 unspecified atom stereocenters. The van der Waals surface area contributed by atoms with E-state index in [0.29, 0.717) is 0 Å². The van der Waals surface area contributed by atoms with E-state index in [4.69, 9.17) is 15.0 Å². The summed E-state index contributed by atoms with van der Waals surface area (Å²) in [6.45, 7) is 0.741. The molecule has 1 heterocycles. The van der Waals surface area contributed by atoms with Gasteiger partial charge in [0.25, 0.3) is 5.69 Å². The standard InChI is InChI=1S/C12H16N4O7S/c13-24(21,22)9-1-2-10(11(5-9)16(19)20)14-6-8-7-15(12(17)18)3-4-23-8/h1-2,5,8,14H,3-4,6-7H2,(H,17,18)(H2,13,21,22). The van der Waals surface area contributed by atoms with E-state index in [0.717, 1.165) is 12.1 Å². The van der Waals surface area contributed by atoms with Gasteiger partial charge in [0, 0.05) is 19.2 Å². The minimum absolute atomic E-state index is 0.0865. The molecule has 2 rings (SSSR count). The van der Waals surface area contributed by atoms with Crippen molar-refractivity contribution in [3.8, 4) is 0 Å². The van der Waals surface area contributed by atoms with Gasteiger partial charge in [-0.1, -0.05) is 0 Å². The zero-order valence-corrected chi connectivity index (χ0v) is 13.2. The second-order valence-corrected chi connectivity index (χ2v) is 6.64. The fourth-order valence-electron chi connectivity index (χ4n) is 2.23. The van der Waals surface area contributed by atoms with Crippen molar-refractivity contribution in [3.05, 3.63) is 28.3 Å². The van der Waals surface area contributed by atoms with Crippen LogP contribution < -0.4 is 10.5 Å². The zero-order chi connectivity index (χ0) is 17.9. The summed E-state index contributed by atoms with van der Waals surface area (Å²) < 4.78 is 28.0. The minimum Gasteiger partial charge on any atom is -0.465 e. The topological polar surface area (TPSA) is 165 Å². The molecular formula is C12H16N4O7S. The fourth-order valence-corrected chi connectivity index (χ4v) is 2.76. The van der Waals surface area contributed by atoms with Crippen molar-refractivity contribution in [1.82, 2.24) is 4.90 Å². The van der Waals surface area contributed by atoms with Gasteiger partial charge in [0.15, 0.2) is 0 Å². The number of ether oxygens (including phenoxy) is 1. The number of rotatable bonds is 5. The third kappa shape index (κ3) is 4.31. The van der Waals surface area contributed by atoms with Crippen LogP contribution in [0.4, 0.5) is 16.2 Å². The molecule has 1 aromatic carbocycles. The van der Waals surface area contributed by atoms with Gasteiger partial charge in [-0.15, -0.1) is 0 Å². The fraction of sp³-hybridized carbons (Fsp3) is 0.417. The molecule has 1 saturated heterocycles. The Bertz CT molecular complexity index is 752. The Morgan fingerprint density at radius 3 is 2.83 bits per heavy atom. The molecule has 0 aliphatic carbocycles. The van der Waals surface area contributed by atoms with Crippen LogP contribution >= 0.6 is 0 Å². The van der Waals surface area contributed by atoms with Crippen molar-refractivity contribution >= 4 is 27.5 Å². The molecule has 1 aromatic rings. The highest BCUT2D eigenvalue weighted by molar-refractivity contribution is 7.89. The highest BCUT2D eigenvalue weighted by Gasteiger charge is 2.25. The molecule has 132 valence electrons. The van der Waals surface area contributed by atoms with Gasteiger partial charge in [-0.3, -0.25) is 10.1 Å². The molecule has 0 bridgehead atoms. The highest BCUT2D eigenvalue weighted by atomic mass is 32.2. The van der Waals surface area contributed by atoms with Gasteiger partial charge in [-0.05, 0) is 12.1 Å². The van der Waals surface area contributed by atoms with Crippen LogP contribution in [0.3, 0.4) is 0 Å². The number of anilines is 1. The van der Waals surface area contributed by atoms with E-state index in [9.17, 15) is 23.3 Å². The van der Waals surface area contributed by atoms with Gasteiger partial charge >= 0.3 is 6.09 Å². The molecule has 1 amide bonds. The predicted octanol–water partition coefficient (Wildman–Crippen LogP) is 0.0329.